The number of rotatable bonds is 6. The fourth-order valence-corrected chi connectivity index (χ4v) is 2.83. The molecular formula is C19H21Cl2N3O2. The molecule has 1 aliphatic carbocycles. The van der Waals surface area contributed by atoms with Crippen LogP contribution in [0.2, 0.25) is 5.02 Å². The van der Waals surface area contributed by atoms with E-state index < -0.39 is 0 Å². The minimum atomic E-state index is -0.297. The predicted octanol–water partition coefficient (Wildman–Crippen LogP) is 3.48. The molecule has 138 valence electrons. The van der Waals surface area contributed by atoms with Crippen molar-refractivity contribution in [2.24, 2.45) is 11.7 Å². The van der Waals surface area contributed by atoms with Gasteiger partial charge in [0.15, 0.2) is 0 Å². The number of carbonyl (C=O) groups is 2. The second-order valence-electron chi connectivity index (χ2n) is 6.16. The van der Waals surface area contributed by atoms with E-state index >= 15 is 0 Å². The van der Waals surface area contributed by atoms with Crippen molar-refractivity contribution < 1.29 is 9.59 Å². The average Bonchev–Trinajstić information content (AvgIpc) is 3.45. The minimum Gasteiger partial charge on any atom is -0.348 e. The van der Waals surface area contributed by atoms with Gasteiger partial charge < -0.3 is 16.4 Å². The maximum Gasteiger partial charge on any atom is 0.255 e. The van der Waals surface area contributed by atoms with Gasteiger partial charge in [0.1, 0.15) is 0 Å². The van der Waals surface area contributed by atoms with E-state index in [0.717, 1.165) is 12.8 Å². The fourth-order valence-electron chi connectivity index (χ4n) is 2.70. The Hall–Kier alpha value is -2.08. The van der Waals surface area contributed by atoms with E-state index in [0.29, 0.717) is 34.3 Å². The molecule has 1 aliphatic rings. The quantitative estimate of drug-likeness (QED) is 0.702. The first kappa shape index (κ1) is 20.2. The molecule has 0 saturated heterocycles. The van der Waals surface area contributed by atoms with E-state index in [-0.39, 0.29) is 30.3 Å². The van der Waals surface area contributed by atoms with Crippen molar-refractivity contribution in [2.75, 3.05) is 11.9 Å². The first-order chi connectivity index (χ1) is 12.1. The molecule has 1 atom stereocenters. The Labute approximate surface area is 163 Å². The zero-order chi connectivity index (χ0) is 17.8. The van der Waals surface area contributed by atoms with Crippen molar-refractivity contribution >= 4 is 41.5 Å². The summed E-state index contributed by atoms with van der Waals surface area (Å²) in [5.74, 6) is -0.0615. The zero-order valence-corrected chi connectivity index (χ0v) is 15.6. The van der Waals surface area contributed by atoms with Gasteiger partial charge in [-0.3, -0.25) is 9.59 Å². The van der Waals surface area contributed by atoms with Gasteiger partial charge in [0.25, 0.3) is 11.8 Å². The number of hydrogen-bond donors (Lipinski definition) is 3. The smallest absolute Gasteiger partial charge is 0.255 e. The van der Waals surface area contributed by atoms with E-state index in [1.54, 1.807) is 48.5 Å². The number of carbonyl (C=O) groups excluding carboxylic acids is 2. The number of para-hydroxylation sites is 1. The van der Waals surface area contributed by atoms with Crippen LogP contribution in [0.4, 0.5) is 5.69 Å². The Bertz CT molecular complexity index is 777. The third-order valence-corrected chi connectivity index (χ3v) is 4.54. The van der Waals surface area contributed by atoms with Crippen molar-refractivity contribution in [3.63, 3.8) is 0 Å². The van der Waals surface area contributed by atoms with Crippen LogP contribution in [-0.2, 0) is 0 Å². The molecule has 0 bridgehead atoms. The van der Waals surface area contributed by atoms with Gasteiger partial charge >= 0.3 is 0 Å². The zero-order valence-electron chi connectivity index (χ0n) is 14.1. The number of nitrogens with two attached hydrogens (primary N) is 1. The van der Waals surface area contributed by atoms with Crippen molar-refractivity contribution in [1.29, 1.82) is 0 Å². The molecule has 0 radical (unpaired) electrons. The average molecular weight is 394 g/mol. The van der Waals surface area contributed by atoms with E-state index in [4.69, 9.17) is 17.3 Å². The molecule has 7 heteroatoms. The maximum atomic E-state index is 12.6. The van der Waals surface area contributed by atoms with Gasteiger partial charge in [-0.2, -0.15) is 0 Å². The fraction of sp³-hybridized carbons (Fsp3) is 0.263. The number of amides is 2. The Morgan fingerprint density at radius 2 is 1.73 bits per heavy atom. The summed E-state index contributed by atoms with van der Waals surface area (Å²) in [6.07, 6.45) is 2.19. The lowest BCUT2D eigenvalue weighted by Gasteiger charge is -2.17. The normalized spacial score (nSPS) is 14.1. The Morgan fingerprint density at radius 3 is 2.35 bits per heavy atom. The van der Waals surface area contributed by atoms with Crippen LogP contribution in [-0.4, -0.2) is 24.4 Å². The molecule has 2 aromatic carbocycles. The van der Waals surface area contributed by atoms with Crippen LogP contribution in [0.1, 0.15) is 33.6 Å². The summed E-state index contributed by atoms with van der Waals surface area (Å²) in [5, 5.41) is 6.32. The molecule has 1 fully saturated rings. The second-order valence-corrected chi connectivity index (χ2v) is 6.60. The summed E-state index contributed by atoms with van der Waals surface area (Å²) in [6.45, 7) is 0.412. The van der Waals surface area contributed by atoms with Crippen LogP contribution in [0.5, 0.6) is 0 Å². The number of hydrogen-bond acceptors (Lipinski definition) is 3. The molecular weight excluding hydrogens is 373 g/mol. The Morgan fingerprint density at radius 1 is 1.08 bits per heavy atom. The highest BCUT2D eigenvalue weighted by Crippen LogP contribution is 2.32. The molecule has 0 heterocycles. The summed E-state index contributed by atoms with van der Waals surface area (Å²) in [4.78, 5) is 25.0. The third-order valence-electron chi connectivity index (χ3n) is 4.29. The molecule has 1 saturated carbocycles. The summed E-state index contributed by atoms with van der Waals surface area (Å²) in [7, 11) is 0. The topological polar surface area (TPSA) is 84.2 Å². The summed E-state index contributed by atoms with van der Waals surface area (Å²) in [6, 6.07) is 13.5. The van der Waals surface area contributed by atoms with Crippen LogP contribution in [0.15, 0.2) is 48.5 Å². The van der Waals surface area contributed by atoms with Crippen LogP contribution in [0.25, 0.3) is 0 Å². The van der Waals surface area contributed by atoms with E-state index in [9.17, 15) is 9.59 Å². The van der Waals surface area contributed by atoms with Gasteiger partial charge in [0.05, 0.1) is 11.3 Å². The van der Waals surface area contributed by atoms with Crippen LogP contribution in [0, 0.1) is 5.92 Å². The van der Waals surface area contributed by atoms with Gasteiger partial charge in [0, 0.05) is 23.2 Å². The van der Waals surface area contributed by atoms with Gasteiger partial charge in [-0.05, 0) is 55.2 Å². The van der Waals surface area contributed by atoms with Gasteiger partial charge in [0.2, 0.25) is 0 Å². The first-order valence-corrected chi connectivity index (χ1v) is 8.63. The van der Waals surface area contributed by atoms with Gasteiger partial charge in [-0.1, -0.05) is 23.7 Å². The van der Waals surface area contributed by atoms with Crippen LogP contribution in [0.3, 0.4) is 0 Å². The molecule has 5 nitrogen and oxygen atoms in total. The van der Waals surface area contributed by atoms with Crippen molar-refractivity contribution in [3.05, 3.63) is 64.7 Å². The molecule has 0 aromatic heterocycles. The van der Waals surface area contributed by atoms with Crippen LogP contribution < -0.4 is 16.4 Å². The molecule has 0 spiro atoms. The number of benzene rings is 2. The van der Waals surface area contributed by atoms with Crippen molar-refractivity contribution in [3.8, 4) is 0 Å². The largest absolute Gasteiger partial charge is 0.348 e. The number of nitrogens with one attached hydrogen (secondary N) is 2. The summed E-state index contributed by atoms with van der Waals surface area (Å²) in [5.41, 5.74) is 7.11. The highest BCUT2D eigenvalue weighted by atomic mass is 35.5. The third kappa shape index (κ3) is 4.97. The number of halogens is 2. The summed E-state index contributed by atoms with van der Waals surface area (Å²) < 4.78 is 0. The standard InChI is InChI=1S/C19H20ClN3O2.ClH/c20-14-9-7-13(8-10-14)18(24)22-16-4-2-1-3-15(16)19(25)23-17(11-21)12-5-6-12;/h1-4,7-10,12,17H,5-6,11,21H2,(H,22,24)(H,23,25);1H. The minimum absolute atomic E-state index is 0. The van der Waals surface area contributed by atoms with E-state index in [1.807, 2.05) is 0 Å². The van der Waals surface area contributed by atoms with Crippen molar-refractivity contribution in [2.45, 2.75) is 18.9 Å². The Kier molecular flexibility index (Phi) is 7.03. The van der Waals surface area contributed by atoms with Crippen molar-refractivity contribution in [1.82, 2.24) is 5.32 Å². The maximum absolute atomic E-state index is 12.6. The lowest BCUT2D eigenvalue weighted by molar-refractivity contribution is 0.0934. The lowest BCUT2D eigenvalue weighted by atomic mass is 10.1. The SMILES string of the molecule is Cl.NCC(NC(=O)c1ccccc1NC(=O)c1ccc(Cl)cc1)C1CC1. The molecule has 0 aliphatic heterocycles. The highest BCUT2D eigenvalue weighted by molar-refractivity contribution is 6.30. The Balaban J connectivity index is 0.00000243. The van der Waals surface area contributed by atoms with E-state index in [1.165, 1.54) is 0 Å². The number of anilines is 1. The molecule has 4 N–H and O–H groups in total. The van der Waals surface area contributed by atoms with Crippen LogP contribution >= 0.6 is 24.0 Å². The molecule has 2 amide bonds. The molecule has 1 unspecified atom stereocenters. The molecule has 26 heavy (non-hydrogen) atoms. The molecule has 2 aromatic rings. The first-order valence-electron chi connectivity index (χ1n) is 8.25. The predicted molar refractivity (Wildman–Crippen MR) is 106 cm³/mol. The highest BCUT2D eigenvalue weighted by Gasteiger charge is 2.31. The van der Waals surface area contributed by atoms with Gasteiger partial charge in [-0.15, -0.1) is 12.4 Å². The lowest BCUT2D eigenvalue weighted by Crippen LogP contribution is -2.42. The summed E-state index contributed by atoms with van der Waals surface area (Å²) >= 11 is 5.84. The monoisotopic (exact) mass is 393 g/mol. The molecule has 3 rings (SSSR count). The van der Waals surface area contributed by atoms with Gasteiger partial charge in [-0.25, -0.2) is 0 Å². The second kappa shape index (κ2) is 9.03. The van der Waals surface area contributed by atoms with E-state index in [2.05, 4.69) is 10.6 Å².